The fourth-order valence-electron chi connectivity index (χ4n) is 5.57. The summed E-state index contributed by atoms with van der Waals surface area (Å²) in [6.45, 7) is 2.68. The zero-order valence-corrected chi connectivity index (χ0v) is 26.5. The molecule has 1 aliphatic heterocycles. The van der Waals surface area contributed by atoms with Crippen LogP contribution in [0.3, 0.4) is 0 Å². The van der Waals surface area contributed by atoms with Gasteiger partial charge in [0.15, 0.2) is 15.9 Å². The van der Waals surface area contributed by atoms with Crippen LogP contribution in [-0.2, 0) is 10.5 Å². The number of ketones is 1. The number of rotatable bonds is 11. The SMILES string of the molecule is CCCCOc1ccc([C@@H]2C(C(=O)c3cc4ccccc4o3)=C(O)C(=O)N2c2nnc(SCc3cccc4ccccc34)s2)cc1. The number of anilines is 1. The Kier molecular flexibility index (Phi) is 8.30. The number of hydrogen-bond donors (Lipinski definition) is 1. The molecule has 1 atom stereocenters. The number of aromatic nitrogens is 2. The van der Waals surface area contributed by atoms with Gasteiger partial charge in [-0.15, -0.1) is 10.2 Å². The minimum absolute atomic E-state index is 0.0329. The van der Waals surface area contributed by atoms with Crippen molar-refractivity contribution in [1.82, 2.24) is 10.2 Å². The topological polar surface area (TPSA) is 106 Å². The van der Waals surface area contributed by atoms with Crippen molar-refractivity contribution in [3.8, 4) is 5.75 Å². The second kappa shape index (κ2) is 12.8. The number of amides is 1. The van der Waals surface area contributed by atoms with Gasteiger partial charge in [0.2, 0.25) is 10.9 Å². The number of Topliss-reactive ketones (excluding diaryl/α,β-unsaturated/α-hetero) is 1. The Bertz CT molecular complexity index is 2060. The average molecular weight is 648 g/mol. The van der Waals surface area contributed by atoms with Crippen LogP contribution < -0.4 is 9.64 Å². The number of thioether (sulfide) groups is 1. The maximum atomic E-state index is 14.0. The maximum Gasteiger partial charge on any atom is 0.296 e. The van der Waals surface area contributed by atoms with E-state index in [0.717, 1.165) is 29.2 Å². The summed E-state index contributed by atoms with van der Waals surface area (Å²) in [5, 5.41) is 23.3. The highest BCUT2D eigenvalue weighted by atomic mass is 32.2. The second-order valence-corrected chi connectivity index (χ2v) is 13.0. The number of aliphatic hydroxyl groups excluding tert-OH is 1. The van der Waals surface area contributed by atoms with Crippen LogP contribution in [0.5, 0.6) is 5.75 Å². The van der Waals surface area contributed by atoms with Crippen LogP contribution >= 0.6 is 23.1 Å². The number of fused-ring (bicyclic) bond motifs is 2. The molecule has 4 aromatic carbocycles. The van der Waals surface area contributed by atoms with E-state index >= 15 is 0 Å². The van der Waals surface area contributed by atoms with Crippen molar-refractivity contribution < 1.29 is 23.8 Å². The quantitative estimate of drug-likeness (QED) is 0.0644. The van der Waals surface area contributed by atoms with Crippen LogP contribution in [-0.4, -0.2) is 33.6 Å². The molecule has 1 aliphatic rings. The number of unbranched alkanes of at least 4 members (excludes halogenated alkanes) is 1. The van der Waals surface area contributed by atoms with Crippen molar-refractivity contribution in [2.24, 2.45) is 0 Å². The van der Waals surface area contributed by atoms with Gasteiger partial charge in [-0.25, -0.2) is 0 Å². The van der Waals surface area contributed by atoms with Gasteiger partial charge in [-0.3, -0.25) is 14.5 Å². The Balaban J connectivity index is 1.21. The largest absolute Gasteiger partial charge is 0.503 e. The molecule has 10 heteroatoms. The zero-order chi connectivity index (χ0) is 31.6. The summed E-state index contributed by atoms with van der Waals surface area (Å²) in [7, 11) is 0. The number of hydrogen-bond acceptors (Lipinski definition) is 9. The summed E-state index contributed by atoms with van der Waals surface area (Å²) in [6, 6.07) is 29.6. The predicted octanol–water partition coefficient (Wildman–Crippen LogP) is 8.69. The molecule has 2 aromatic heterocycles. The van der Waals surface area contributed by atoms with Gasteiger partial charge in [0.25, 0.3) is 5.91 Å². The van der Waals surface area contributed by atoms with Gasteiger partial charge in [-0.05, 0) is 52.6 Å². The van der Waals surface area contributed by atoms with E-state index in [-0.39, 0.29) is 16.5 Å². The summed E-state index contributed by atoms with van der Waals surface area (Å²) >= 11 is 2.75. The van der Waals surface area contributed by atoms with Gasteiger partial charge >= 0.3 is 0 Å². The van der Waals surface area contributed by atoms with Gasteiger partial charge < -0.3 is 14.3 Å². The van der Waals surface area contributed by atoms with Crippen molar-refractivity contribution >= 4 is 61.7 Å². The number of furan rings is 1. The first-order valence-electron chi connectivity index (χ1n) is 15.0. The fraction of sp³-hybridized carbons (Fsp3) is 0.167. The highest BCUT2D eigenvalue weighted by molar-refractivity contribution is 8.00. The Labute approximate surface area is 273 Å². The van der Waals surface area contributed by atoms with Crippen LogP contribution in [0.4, 0.5) is 5.13 Å². The Morgan fingerprint density at radius 2 is 1.74 bits per heavy atom. The van der Waals surface area contributed by atoms with Crippen LogP contribution in [0.1, 0.15) is 47.5 Å². The Morgan fingerprint density at radius 3 is 2.54 bits per heavy atom. The molecule has 7 rings (SSSR count). The summed E-state index contributed by atoms with van der Waals surface area (Å²) in [5.41, 5.74) is 2.23. The van der Waals surface area contributed by atoms with Crippen LogP contribution in [0.25, 0.3) is 21.7 Å². The lowest BCUT2D eigenvalue weighted by molar-refractivity contribution is -0.117. The number of aliphatic hydroxyl groups is 1. The zero-order valence-electron chi connectivity index (χ0n) is 24.9. The van der Waals surface area contributed by atoms with Crippen LogP contribution in [0, 0.1) is 0 Å². The van der Waals surface area contributed by atoms with Crippen LogP contribution in [0.2, 0.25) is 0 Å². The highest BCUT2D eigenvalue weighted by Gasteiger charge is 2.46. The summed E-state index contributed by atoms with van der Waals surface area (Å²) in [5.74, 6) is -0.576. The Morgan fingerprint density at radius 1 is 0.978 bits per heavy atom. The molecule has 0 radical (unpaired) electrons. The predicted molar refractivity (Wildman–Crippen MR) is 181 cm³/mol. The van der Waals surface area contributed by atoms with Gasteiger partial charge in [-0.2, -0.15) is 0 Å². The van der Waals surface area contributed by atoms with E-state index in [1.54, 1.807) is 36.4 Å². The molecular formula is C36H29N3O5S2. The number of ether oxygens (including phenoxy) is 1. The normalized spacial score (nSPS) is 14.9. The lowest BCUT2D eigenvalue weighted by Crippen LogP contribution is -2.31. The van der Waals surface area contributed by atoms with E-state index in [2.05, 4.69) is 41.4 Å². The van der Waals surface area contributed by atoms with Crippen molar-refractivity contribution in [3.05, 3.63) is 125 Å². The van der Waals surface area contributed by atoms with Crippen molar-refractivity contribution in [2.45, 2.75) is 35.9 Å². The fourth-order valence-corrected chi connectivity index (χ4v) is 7.44. The number of carbonyl (C=O) groups is 2. The molecule has 8 nitrogen and oxygen atoms in total. The average Bonchev–Trinajstić information content (AvgIpc) is 3.80. The van der Waals surface area contributed by atoms with E-state index in [1.807, 2.05) is 36.4 Å². The van der Waals surface area contributed by atoms with Gasteiger partial charge in [-0.1, -0.05) is 109 Å². The molecule has 0 aliphatic carbocycles. The smallest absolute Gasteiger partial charge is 0.296 e. The maximum absolute atomic E-state index is 14.0. The van der Waals surface area contributed by atoms with E-state index in [4.69, 9.17) is 9.15 Å². The molecule has 0 saturated heterocycles. The third-order valence-electron chi connectivity index (χ3n) is 7.90. The molecule has 0 unspecified atom stereocenters. The molecule has 0 spiro atoms. The molecule has 1 N–H and O–H groups in total. The molecule has 0 bridgehead atoms. The first-order chi connectivity index (χ1) is 22.5. The summed E-state index contributed by atoms with van der Waals surface area (Å²) in [6.07, 6.45) is 1.94. The van der Waals surface area contributed by atoms with E-state index in [1.165, 1.54) is 33.4 Å². The molecule has 0 saturated carbocycles. The monoisotopic (exact) mass is 647 g/mol. The molecule has 3 heterocycles. The minimum atomic E-state index is -0.957. The van der Waals surface area contributed by atoms with Crippen molar-refractivity contribution in [1.29, 1.82) is 0 Å². The minimum Gasteiger partial charge on any atom is -0.503 e. The highest BCUT2D eigenvalue weighted by Crippen LogP contribution is 2.44. The summed E-state index contributed by atoms with van der Waals surface area (Å²) in [4.78, 5) is 29.1. The number of benzene rings is 4. The molecular weight excluding hydrogens is 619 g/mol. The first kappa shape index (κ1) is 29.8. The summed E-state index contributed by atoms with van der Waals surface area (Å²) < 4.78 is 12.4. The van der Waals surface area contributed by atoms with E-state index in [0.29, 0.717) is 33.6 Å². The molecule has 230 valence electrons. The number of nitrogens with zero attached hydrogens (tertiary/aromatic N) is 3. The van der Waals surface area contributed by atoms with Crippen molar-refractivity contribution in [2.75, 3.05) is 11.5 Å². The van der Waals surface area contributed by atoms with Gasteiger partial charge in [0.1, 0.15) is 11.3 Å². The number of carbonyl (C=O) groups excluding carboxylic acids is 2. The second-order valence-electron chi connectivity index (χ2n) is 10.9. The molecule has 1 amide bonds. The molecule has 0 fully saturated rings. The standard InChI is InChI=1S/C36H29N3O5S2/c1-2-3-19-43-26-17-15-23(16-18-26)31-30(32(40)29-20-24-10-5-7-14-28(24)44-29)33(41)34(42)39(31)35-37-38-36(46-35)45-21-25-12-8-11-22-9-4-6-13-27(22)25/h4-18,20,31,41H,2-3,19,21H2,1H3/t31-/m1/s1. The van der Waals surface area contributed by atoms with Crippen LogP contribution in [0.15, 0.2) is 117 Å². The lowest BCUT2D eigenvalue weighted by atomic mass is 9.95. The lowest BCUT2D eigenvalue weighted by Gasteiger charge is -2.24. The van der Waals surface area contributed by atoms with E-state index < -0.39 is 23.5 Å². The first-order valence-corrected chi connectivity index (χ1v) is 16.8. The van der Waals surface area contributed by atoms with E-state index in [9.17, 15) is 14.7 Å². The van der Waals surface area contributed by atoms with Gasteiger partial charge in [0, 0.05) is 11.1 Å². The third kappa shape index (κ3) is 5.65. The van der Waals surface area contributed by atoms with Crippen molar-refractivity contribution in [3.63, 3.8) is 0 Å². The Hall–Kier alpha value is -4.93. The number of para-hydroxylation sites is 1. The third-order valence-corrected chi connectivity index (χ3v) is 10.0. The molecule has 46 heavy (non-hydrogen) atoms. The molecule has 6 aromatic rings. The van der Waals surface area contributed by atoms with Gasteiger partial charge in [0.05, 0.1) is 18.2 Å².